The predicted molar refractivity (Wildman–Crippen MR) is 191 cm³/mol. The molecule has 4 N–H and O–H groups in total. The zero-order chi connectivity index (χ0) is 36.2. The summed E-state index contributed by atoms with van der Waals surface area (Å²) in [5.74, 6) is -0.943. The summed E-state index contributed by atoms with van der Waals surface area (Å²) >= 11 is 0. The molecule has 2 aromatic rings. The van der Waals surface area contributed by atoms with Crippen molar-refractivity contribution in [2.24, 2.45) is 0 Å². The highest BCUT2D eigenvalue weighted by molar-refractivity contribution is 6.03. The molecule has 2 aromatic heterocycles. The highest BCUT2D eigenvalue weighted by Gasteiger charge is 2.26. The van der Waals surface area contributed by atoms with Crippen LogP contribution in [-0.2, 0) is 47.9 Å². The Bertz CT molecular complexity index is 1840. The molecule has 0 saturated heterocycles. The minimum atomic E-state index is -0.285. The van der Waals surface area contributed by atoms with Crippen molar-refractivity contribution in [2.75, 3.05) is 0 Å². The van der Waals surface area contributed by atoms with Gasteiger partial charge in [0.15, 0.2) is 0 Å². The van der Waals surface area contributed by atoms with Crippen LogP contribution in [0.15, 0.2) is 59.0 Å². The number of nitrogens with one attached hydrogen (secondary N) is 4. The van der Waals surface area contributed by atoms with E-state index in [1.807, 2.05) is 60.6 Å². The van der Waals surface area contributed by atoms with E-state index in [4.69, 9.17) is 9.47 Å². The first-order chi connectivity index (χ1) is 23.1. The number of rotatable bonds is 14. The number of hydrogen-bond donors (Lipinski definition) is 4. The summed E-state index contributed by atoms with van der Waals surface area (Å²) in [6.07, 6.45) is 8.29. The van der Waals surface area contributed by atoms with Gasteiger partial charge in [0.25, 0.3) is 11.8 Å². The number of esters is 2. The smallest absolute Gasteiger partial charge is 0.306 e. The third-order valence-corrected chi connectivity index (χ3v) is 8.83. The molecule has 0 bridgehead atoms. The van der Waals surface area contributed by atoms with E-state index >= 15 is 0 Å². The molecule has 10 heteroatoms. The van der Waals surface area contributed by atoms with E-state index in [1.165, 1.54) is 0 Å². The van der Waals surface area contributed by atoms with E-state index in [9.17, 15) is 19.2 Å². The lowest BCUT2D eigenvalue weighted by Crippen LogP contribution is -2.15. The lowest BCUT2D eigenvalue weighted by Gasteiger charge is -2.10. The minimum absolute atomic E-state index is 0.171. The summed E-state index contributed by atoms with van der Waals surface area (Å²) in [4.78, 5) is 57.4. The number of aromatic amines is 2. The molecule has 2 amide bonds. The third-order valence-electron chi connectivity index (χ3n) is 8.83. The molecule has 2 aliphatic rings. The number of H-pyrrole nitrogens is 2. The van der Waals surface area contributed by atoms with Gasteiger partial charge in [0, 0.05) is 64.5 Å². The van der Waals surface area contributed by atoms with Crippen LogP contribution in [0, 0.1) is 13.8 Å². The number of allylic oxidation sites excluding steroid dienone is 2. The maximum atomic E-state index is 12.6. The largest absolute Gasteiger partial charge is 0.463 e. The van der Waals surface area contributed by atoms with Gasteiger partial charge in [0.1, 0.15) is 0 Å². The number of amides is 2. The molecule has 0 unspecified atom stereocenters. The Morgan fingerprint density at radius 1 is 0.673 bits per heavy atom. The fourth-order valence-electron chi connectivity index (χ4n) is 6.25. The van der Waals surface area contributed by atoms with Gasteiger partial charge in [-0.3, -0.25) is 19.2 Å². The highest BCUT2D eigenvalue weighted by Crippen LogP contribution is 2.32. The zero-order valence-electron chi connectivity index (χ0n) is 29.9. The normalized spacial score (nSPS) is 16.4. The van der Waals surface area contributed by atoms with E-state index in [0.29, 0.717) is 41.8 Å². The molecule has 2 aliphatic heterocycles. The van der Waals surface area contributed by atoms with Gasteiger partial charge < -0.3 is 30.1 Å². The van der Waals surface area contributed by atoms with Gasteiger partial charge >= 0.3 is 11.9 Å². The average molecular weight is 669 g/mol. The quantitative estimate of drug-likeness (QED) is 0.175. The topological polar surface area (TPSA) is 142 Å². The highest BCUT2D eigenvalue weighted by atomic mass is 16.5. The van der Waals surface area contributed by atoms with Gasteiger partial charge in [-0.1, -0.05) is 25.3 Å². The SMILES string of the molecule is C=CC1=C(C)/C(=C/c2[nH]c(Cc3[nH]c(/C=C4\NC(=O)C(C)=C4C=C)c(C)c3CCC(=O)OC(C)C)c(CCC(=O)OC(C)C)c2C)NC1=O. The molecule has 4 rings (SSSR count). The van der Waals surface area contributed by atoms with Crippen LogP contribution in [0.4, 0.5) is 0 Å². The minimum Gasteiger partial charge on any atom is -0.463 e. The van der Waals surface area contributed by atoms with Crippen molar-refractivity contribution in [3.8, 4) is 0 Å². The van der Waals surface area contributed by atoms with E-state index in [1.54, 1.807) is 19.1 Å². The van der Waals surface area contributed by atoms with E-state index in [2.05, 4.69) is 33.8 Å². The number of carbonyl (C=O) groups is 4. The van der Waals surface area contributed by atoms with Crippen LogP contribution in [0.25, 0.3) is 12.2 Å². The number of aromatic nitrogens is 2. The molecule has 260 valence electrons. The van der Waals surface area contributed by atoms with Crippen LogP contribution >= 0.6 is 0 Å². The monoisotopic (exact) mass is 668 g/mol. The van der Waals surface area contributed by atoms with Crippen LogP contribution in [0.1, 0.15) is 99.4 Å². The fraction of sp³-hybridized carbons (Fsp3) is 0.385. The Kier molecular flexibility index (Phi) is 11.5. The zero-order valence-corrected chi connectivity index (χ0v) is 29.9. The third kappa shape index (κ3) is 8.31. The molecule has 4 heterocycles. The van der Waals surface area contributed by atoms with Gasteiger partial charge in [-0.25, -0.2) is 0 Å². The molecule has 0 saturated carbocycles. The Hall–Kier alpha value is -5.12. The van der Waals surface area contributed by atoms with Gasteiger partial charge in [0.2, 0.25) is 0 Å². The van der Waals surface area contributed by atoms with Crippen LogP contribution in [0.5, 0.6) is 0 Å². The number of hydrogen-bond acceptors (Lipinski definition) is 6. The Morgan fingerprint density at radius 3 is 1.55 bits per heavy atom. The lowest BCUT2D eigenvalue weighted by molar-refractivity contribution is -0.148. The van der Waals surface area contributed by atoms with Crippen LogP contribution in [0.3, 0.4) is 0 Å². The predicted octanol–water partition coefficient (Wildman–Crippen LogP) is 6.27. The van der Waals surface area contributed by atoms with Crippen molar-refractivity contribution in [3.05, 3.63) is 104 Å². The second-order valence-corrected chi connectivity index (χ2v) is 13.0. The molecule has 0 spiro atoms. The number of ether oxygens (including phenoxy) is 2. The second-order valence-electron chi connectivity index (χ2n) is 13.0. The summed E-state index contributed by atoms with van der Waals surface area (Å²) in [5.41, 5.74) is 11.2. The Balaban J connectivity index is 1.80. The second kappa shape index (κ2) is 15.4. The van der Waals surface area contributed by atoms with Crippen molar-refractivity contribution in [1.29, 1.82) is 0 Å². The van der Waals surface area contributed by atoms with Gasteiger partial charge in [-0.05, 0) is 108 Å². The molecular formula is C39H48N4O6. The summed E-state index contributed by atoms with van der Waals surface area (Å²) < 4.78 is 10.9. The van der Waals surface area contributed by atoms with E-state index < -0.39 is 0 Å². The van der Waals surface area contributed by atoms with Crippen LogP contribution < -0.4 is 10.6 Å². The Labute approximate surface area is 288 Å². The summed E-state index contributed by atoms with van der Waals surface area (Å²) in [6, 6.07) is 0. The number of carbonyl (C=O) groups excluding carboxylic acids is 4. The van der Waals surface area contributed by atoms with Crippen LogP contribution in [0.2, 0.25) is 0 Å². The standard InChI is InChI=1S/C39H48N4O6/c1-11-26-25(10)38(46)43-33(26)18-31-24(9)29(14-16-37(45)49-21(5)6)35(41-31)19-34-28(13-15-36(44)48-20(3)4)23(8)30(40-34)17-32-22(7)27(12-2)39(47)42-32/h11-12,17-18,20-21,40-41H,1-2,13-16,19H2,3-10H3,(H,42,47)(H,43,46)/b32-17-,33-18-. The first-order valence-corrected chi connectivity index (χ1v) is 16.7. The molecular weight excluding hydrogens is 620 g/mol. The van der Waals surface area contributed by atoms with Crippen molar-refractivity contribution in [2.45, 2.75) is 99.7 Å². The Morgan fingerprint density at radius 2 is 1.12 bits per heavy atom. The molecule has 49 heavy (non-hydrogen) atoms. The molecule has 10 nitrogen and oxygen atoms in total. The maximum Gasteiger partial charge on any atom is 0.306 e. The van der Waals surface area contributed by atoms with Gasteiger partial charge in [-0.2, -0.15) is 0 Å². The molecule has 0 atom stereocenters. The first kappa shape index (κ1) is 36.7. The summed E-state index contributed by atoms with van der Waals surface area (Å²) in [6.45, 7) is 22.6. The fourth-order valence-corrected chi connectivity index (χ4v) is 6.25. The first-order valence-electron chi connectivity index (χ1n) is 16.7. The van der Waals surface area contributed by atoms with E-state index in [0.717, 1.165) is 56.2 Å². The summed E-state index contributed by atoms with van der Waals surface area (Å²) in [7, 11) is 0. The molecule has 0 radical (unpaired) electrons. The van der Waals surface area contributed by atoms with Gasteiger partial charge in [0.05, 0.1) is 17.9 Å². The van der Waals surface area contributed by atoms with Crippen LogP contribution in [-0.4, -0.2) is 45.9 Å². The molecule has 0 fully saturated rings. The van der Waals surface area contributed by atoms with Crippen molar-refractivity contribution in [3.63, 3.8) is 0 Å². The average Bonchev–Trinajstić information content (AvgIpc) is 3.66. The maximum absolute atomic E-state index is 12.6. The lowest BCUT2D eigenvalue weighted by atomic mass is 9.98. The van der Waals surface area contributed by atoms with E-state index in [-0.39, 0.29) is 48.8 Å². The van der Waals surface area contributed by atoms with Crippen molar-refractivity contribution < 1.29 is 28.7 Å². The van der Waals surface area contributed by atoms with Crippen molar-refractivity contribution >= 4 is 35.9 Å². The van der Waals surface area contributed by atoms with Crippen molar-refractivity contribution in [1.82, 2.24) is 20.6 Å². The van der Waals surface area contributed by atoms with Gasteiger partial charge in [-0.15, -0.1) is 0 Å². The molecule has 0 aromatic carbocycles. The summed E-state index contributed by atoms with van der Waals surface area (Å²) in [5, 5.41) is 5.85. The molecule has 0 aliphatic carbocycles.